The normalized spacial score (nSPS) is 11.1. The fraction of sp³-hybridized carbons (Fsp3) is 0.125. The van der Waals surface area contributed by atoms with Gasteiger partial charge in [-0.2, -0.15) is 5.26 Å². The monoisotopic (exact) mass is 281 g/mol. The summed E-state index contributed by atoms with van der Waals surface area (Å²) in [6.45, 7) is 0. The maximum Gasteiger partial charge on any atom is 0.261 e. The van der Waals surface area contributed by atoms with Crippen LogP contribution in [0, 0.1) is 11.3 Å². The lowest BCUT2D eigenvalue weighted by molar-refractivity contribution is 0.609. The number of hydrogen-bond donors (Lipinski definition) is 1. The lowest BCUT2D eigenvalue weighted by atomic mass is 10.1. The first-order valence-corrected chi connectivity index (χ1v) is 6.96. The molecule has 7 heteroatoms. The smallest absolute Gasteiger partial charge is 0.207 e. The van der Waals surface area contributed by atoms with E-state index in [0.29, 0.717) is 4.90 Å². The predicted octanol–water partition coefficient (Wildman–Crippen LogP) is 2.51. The van der Waals surface area contributed by atoms with E-state index < -0.39 is 9.05 Å². The van der Waals surface area contributed by atoms with Gasteiger partial charge in [0.25, 0.3) is 9.05 Å². The van der Waals surface area contributed by atoms with Crippen molar-refractivity contribution in [2.24, 2.45) is 0 Å². The van der Waals surface area contributed by atoms with E-state index in [1.54, 1.807) is 0 Å². The Bertz CT molecular complexity index is 534. The minimum absolute atomic E-state index is 0.113. The number of nitriles is 1. The van der Waals surface area contributed by atoms with Crippen molar-refractivity contribution in [3.63, 3.8) is 0 Å². The molecule has 80 valence electrons. The molecule has 3 nitrogen and oxygen atoms in total. The highest BCUT2D eigenvalue weighted by Gasteiger charge is 2.19. The van der Waals surface area contributed by atoms with Crippen LogP contribution in [0.2, 0.25) is 0 Å². The lowest BCUT2D eigenvalue weighted by Gasteiger charge is -2.07. The van der Waals surface area contributed by atoms with Crippen LogP contribution in [0.5, 0.6) is 0 Å². The van der Waals surface area contributed by atoms with Gasteiger partial charge >= 0.3 is 0 Å². The van der Waals surface area contributed by atoms with Gasteiger partial charge < -0.3 is 0 Å². The van der Waals surface area contributed by atoms with E-state index in [-0.39, 0.29) is 21.9 Å². The Morgan fingerprint density at radius 3 is 2.47 bits per heavy atom. The third-order valence-electron chi connectivity index (χ3n) is 1.76. The number of halogens is 2. The fourth-order valence-electron chi connectivity index (χ4n) is 1.10. The van der Waals surface area contributed by atoms with Crippen LogP contribution in [0.3, 0.4) is 0 Å². The standard InChI is InChI=1S/C8H5Cl2NO2S2/c9-3-5-6(4-11)7(14)1-2-8(5)15(10,12)13/h1-2,14H,3H2. The van der Waals surface area contributed by atoms with Crippen LogP contribution >= 0.6 is 34.9 Å². The molecule has 1 aromatic carbocycles. The van der Waals surface area contributed by atoms with Crippen LogP contribution in [0.15, 0.2) is 21.9 Å². The third kappa shape index (κ3) is 2.58. The average molecular weight is 282 g/mol. The van der Waals surface area contributed by atoms with Crippen molar-refractivity contribution in [1.82, 2.24) is 0 Å². The zero-order valence-corrected chi connectivity index (χ0v) is 10.5. The first kappa shape index (κ1) is 12.7. The van der Waals surface area contributed by atoms with Crippen LogP contribution < -0.4 is 0 Å². The molecule has 0 saturated heterocycles. The van der Waals surface area contributed by atoms with Gasteiger partial charge in [-0.25, -0.2) is 8.42 Å². The third-order valence-corrected chi connectivity index (χ3v) is 3.80. The molecule has 0 fully saturated rings. The molecular formula is C8H5Cl2NO2S2. The Hall–Kier alpha value is -0.410. The number of hydrogen-bond acceptors (Lipinski definition) is 4. The van der Waals surface area contributed by atoms with Crippen molar-refractivity contribution in [2.75, 3.05) is 0 Å². The molecule has 0 bridgehead atoms. The first-order valence-electron chi connectivity index (χ1n) is 3.67. The number of nitrogens with zero attached hydrogens (tertiary/aromatic N) is 1. The maximum absolute atomic E-state index is 11.2. The predicted molar refractivity (Wildman–Crippen MR) is 61.0 cm³/mol. The van der Waals surface area contributed by atoms with Crippen molar-refractivity contribution >= 4 is 44.0 Å². The summed E-state index contributed by atoms with van der Waals surface area (Å²) in [5, 5.41) is 8.83. The van der Waals surface area contributed by atoms with Gasteiger partial charge in [-0.3, -0.25) is 0 Å². The van der Waals surface area contributed by atoms with Crippen LogP contribution in [0.25, 0.3) is 0 Å². The summed E-state index contributed by atoms with van der Waals surface area (Å²) in [6, 6.07) is 4.52. The summed E-state index contributed by atoms with van der Waals surface area (Å²) < 4.78 is 22.3. The van der Waals surface area contributed by atoms with Crippen LogP contribution in [-0.2, 0) is 14.9 Å². The molecule has 1 aromatic rings. The highest BCUT2D eigenvalue weighted by atomic mass is 35.7. The molecule has 0 radical (unpaired) electrons. The summed E-state index contributed by atoms with van der Waals surface area (Å²) in [6.07, 6.45) is 0. The van der Waals surface area contributed by atoms with Crippen molar-refractivity contribution in [1.29, 1.82) is 5.26 Å². The van der Waals surface area contributed by atoms with Gasteiger partial charge in [-0.15, -0.1) is 24.2 Å². The molecule has 1 rings (SSSR count). The van der Waals surface area contributed by atoms with Crippen molar-refractivity contribution < 1.29 is 8.42 Å². The highest BCUT2D eigenvalue weighted by Crippen LogP contribution is 2.28. The molecule has 0 N–H and O–H groups in total. The van der Waals surface area contributed by atoms with Gasteiger partial charge in [0.05, 0.1) is 16.3 Å². The van der Waals surface area contributed by atoms with Crippen molar-refractivity contribution in [2.45, 2.75) is 15.7 Å². The molecule has 0 aliphatic rings. The van der Waals surface area contributed by atoms with E-state index in [1.165, 1.54) is 12.1 Å². The van der Waals surface area contributed by atoms with Crippen molar-refractivity contribution in [3.8, 4) is 6.07 Å². The van der Waals surface area contributed by atoms with Gasteiger partial charge in [0, 0.05) is 21.1 Å². The summed E-state index contributed by atoms with van der Waals surface area (Å²) in [4.78, 5) is 0.228. The molecule has 0 unspecified atom stereocenters. The van der Waals surface area contributed by atoms with Gasteiger partial charge in [-0.1, -0.05) is 0 Å². The quantitative estimate of drug-likeness (QED) is 0.515. The molecule has 0 heterocycles. The van der Waals surface area contributed by atoms with E-state index in [4.69, 9.17) is 27.5 Å². The molecule has 0 aliphatic heterocycles. The molecule has 0 aliphatic carbocycles. The molecule has 15 heavy (non-hydrogen) atoms. The Labute approximate surface area is 102 Å². The minimum atomic E-state index is -3.89. The second-order valence-corrected chi connectivity index (χ2v) is 5.90. The van der Waals surface area contributed by atoms with Gasteiger partial charge in [0.1, 0.15) is 6.07 Å². The van der Waals surface area contributed by atoms with Crippen molar-refractivity contribution in [3.05, 3.63) is 23.3 Å². The minimum Gasteiger partial charge on any atom is -0.207 e. The summed E-state index contributed by atoms with van der Waals surface area (Å²) in [5.41, 5.74) is 0.316. The summed E-state index contributed by atoms with van der Waals surface area (Å²) >= 11 is 9.61. The SMILES string of the molecule is N#Cc1c(S)ccc(S(=O)(=O)Cl)c1CCl. The van der Waals surface area contributed by atoms with Gasteiger partial charge in [-0.05, 0) is 12.1 Å². The molecule has 0 saturated carbocycles. The molecule has 0 atom stereocenters. The zero-order chi connectivity index (χ0) is 11.6. The highest BCUT2D eigenvalue weighted by molar-refractivity contribution is 8.13. The Morgan fingerprint density at radius 2 is 2.07 bits per heavy atom. The first-order chi connectivity index (χ1) is 6.91. The maximum atomic E-state index is 11.2. The Balaban J connectivity index is 3.66. The number of alkyl halides is 1. The lowest BCUT2D eigenvalue weighted by Crippen LogP contribution is -2.00. The van der Waals surface area contributed by atoms with E-state index >= 15 is 0 Å². The number of rotatable bonds is 2. The van der Waals surface area contributed by atoms with E-state index in [1.807, 2.05) is 6.07 Å². The number of benzene rings is 1. The molecule has 0 aromatic heterocycles. The van der Waals surface area contributed by atoms with E-state index in [2.05, 4.69) is 12.6 Å². The van der Waals surface area contributed by atoms with Gasteiger partial charge in [0.15, 0.2) is 0 Å². The topological polar surface area (TPSA) is 57.9 Å². The van der Waals surface area contributed by atoms with Crippen LogP contribution in [-0.4, -0.2) is 8.42 Å². The Kier molecular flexibility index (Phi) is 3.90. The number of thiol groups is 1. The average Bonchev–Trinajstić information content (AvgIpc) is 2.15. The van der Waals surface area contributed by atoms with Gasteiger partial charge in [0.2, 0.25) is 0 Å². The van der Waals surface area contributed by atoms with E-state index in [9.17, 15) is 8.42 Å². The second kappa shape index (κ2) is 4.62. The summed E-state index contributed by atoms with van der Waals surface area (Å²) in [7, 11) is 1.31. The Morgan fingerprint density at radius 1 is 1.47 bits per heavy atom. The van der Waals surface area contributed by atoms with Crippen LogP contribution in [0.1, 0.15) is 11.1 Å². The fourth-order valence-corrected chi connectivity index (χ4v) is 2.85. The molecule has 0 spiro atoms. The second-order valence-electron chi connectivity index (χ2n) is 2.62. The molecular weight excluding hydrogens is 277 g/mol. The zero-order valence-electron chi connectivity index (χ0n) is 7.24. The molecule has 0 amide bonds. The summed E-state index contributed by atoms with van der Waals surface area (Å²) in [5.74, 6) is -0.113. The van der Waals surface area contributed by atoms with E-state index in [0.717, 1.165) is 0 Å². The largest absolute Gasteiger partial charge is 0.261 e. The van der Waals surface area contributed by atoms with Crippen LogP contribution in [0.4, 0.5) is 0 Å².